The number of benzene rings is 2. The Morgan fingerprint density at radius 1 is 1.11 bits per heavy atom. The summed E-state index contributed by atoms with van der Waals surface area (Å²) in [5, 5.41) is 10.5. The largest absolute Gasteiger partial charge is 0.497 e. The maximum Gasteiger partial charge on any atom is 0.277 e. The van der Waals surface area contributed by atoms with Crippen LogP contribution in [0, 0.1) is 5.82 Å². The lowest BCUT2D eigenvalue weighted by Crippen LogP contribution is -2.22. The highest BCUT2D eigenvalue weighted by Gasteiger charge is 2.19. The summed E-state index contributed by atoms with van der Waals surface area (Å²) in [5.41, 5.74) is 1.15. The van der Waals surface area contributed by atoms with Gasteiger partial charge in [-0.15, -0.1) is 10.2 Å². The molecule has 0 aliphatic heterocycles. The molecule has 1 N–H and O–H groups in total. The molecule has 2 aromatic carbocycles. The van der Waals surface area contributed by atoms with Gasteiger partial charge in [0.1, 0.15) is 17.3 Å². The summed E-state index contributed by atoms with van der Waals surface area (Å²) in [6.45, 7) is 1.71. The minimum Gasteiger partial charge on any atom is -0.497 e. The summed E-state index contributed by atoms with van der Waals surface area (Å²) in [5.74, 6) is 0.834. The molecule has 9 heteroatoms. The summed E-state index contributed by atoms with van der Waals surface area (Å²) >= 11 is 1.12. The first kappa shape index (κ1) is 19.7. The number of hydrogen-bond donors (Lipinski definition) is 1. The van der Waals surface area contributed by atoms with E-state index < -0.39 is 5.25 Å². The van der Waals surface area contributed by atoms with Gasteiger partial charge in [-0.3, -0.25) is 4.79 Å². The minimum atomic E-state index is -0.502. The fourth-order valence-corrected chi connectivity index (χ4v) is 2.97. The van der Waals surface area contributed by atoms with Crippen molar-refractivity contribution < 1.29 is 23.1 Å². The first-order chi connectivity index (χ1) is 13.5. The third-order valence-electron chi connectivity index (χ3n) is 3.76. The van der Waals surface area contributed by atoms with Crippen LogP contribution in [0.5, 0.6) is 11.5 Å². The fourth-order valence-electron chi connectivity index (χ4n) is 2.29. The maximum absolute atomic E-state index is 12.9. The van der Waals surface area contributed by atoms with Gasteiger partial charge in [-0.05, 0) is 43.3 Å². The number of hydrogen-bond acceptors (Lipinski definition) is 7. The molecule has 146 valence electrons. The first-order valence-corrected chi connectivity index (χ1v) is 9.16. The molecule has 1 heterocycles. The number of amides is 1. The molecule has 3 rings (SSSR count). The van der Waals surface area contributed by atoms with Crippen molar-refractivity contribution in [3.63, 3.8) is 0 Å². The van der Waals surface area contributed by atoms with Gasteiger partial charge >= 0.3 is 0 Å². The monoisotopic (exact) mass is 403 g/mol. The Hall–Kier alpha value is -3.07. The Bertz CT molecular complexity index is 940. The van der Waals surface area contributed by atoms with E-state index in [0.29, 0.717) is 22.7 Å². The lowest BCUT2D eigenvalue weighted by Gasteiger charge is -2.09. The van der Waals surface area contributed by atoms with Gasteiger partial charge in [0.25, 0.3) is 5.22 Å². The third-order valence-corrected chi connectivity index (χ3v) is 4.70. The minimum absolute atomic E-state index is 0.249. The summed E-state index contributed by atoms with van der Waals surface area (Å²) in [6.07, 6.45) is 0. The number of anilines is 1. The van der Waals surface area contributed by atoms with Crippen LogP contribution in [-0.4, -0.2) is 35.6 Å². The summed E-state index contributed by atoms with van der Waals surface area (Å²) in [4.78, 5) is 12.3. The molecule has 0 fully saturated rings. The van der Waals surface area contributed by atoms with Gasteiger partial charge in [-0.1, -0.05) is 11.8 Å². The smallest absolute Gasteiger partial charge is 0.277 e. The van der Waals surface area contributed by atoms with Crippen molar-refractivity contribution in [1.82, 2.24) is 10.2 Å². The highest BCUT2D eigenvalue weighted by molar-refractivity contribution is 8.00. The van der Waals surface area contributed by atoms with Crippen LogP contribution in [0.1, 0.15) is 6.92 Å². The zero-order chi connectivity index (χ0) is 20.1. The number of ether oxygens (including phenoxy) is 2. The number of rotatable bonds is 7. The van der Waals surface area contributed by atoms with Crippen molar-refractivity contribution in [2.24, 2.45) is 0 Å². The van der Waals surface area contributed by atoms with E-state index in [4.69, 9.17) is 13.9 Å². The predicted molar refractivity (Wildman–Crippen MR) is 103 cm³/mol. The number of halogens is 1. The van der Waals surface area contributed by atoms with Crippen LogP contribution in [0.3, 0.4) is 0 Å². The Balaban J connectivity index is 1.68. The van der Waals surface area contributed by atoms with Crippen molar-refractivity contribution in [2.75, 3.05) is 19.5 Å². The molecule has 0 bridgehead atoms. The van der Waals surface area contributed by atoms with Gasteiger partial charge in [-0.25, -0.2) is 4.39 Å². The molecule has 0 spiro atoms. The average Bonchev–Trinajstić information content (AvgIpc) is 3.17. The molecule has 1 atom stereocenters. The number of aromatic nitrogens is 2. The number of nitrogens with one attached hydrogen (secondary N) is 1. The lowest BCUT2D eigenvalue weighted by molar-refractivity contribution is -0.115. The van der Waals surface area contributed by atoms with Gasteiger partial charge < -0.3 is 19.2 Å². The SMILES string of the molecule is COc1cc(OC)cc(-c2nnc(S[C@@H](C)C(=O)Nc3ccc(F)cc3)o2)c1. The van der Waals surface area contributed by atoms with Gasteiger partial charge in [-0.2, -0.15) is 0 Å². The van der Waals surface area contributed by atoms with Crippen molar-refractivity contribution in [3.8, 4) is 23.0 Å². The highest BCUT2D eigenvalue weighted by Crippen LogP contribution is 2.31. The van der Waals surface area contributed by atoms with Crippen molar-refractivity contribution in [2.45, 2.75) is 17.4 Å². The highest BCUT2D eigenvalue weighted by atomic mass is 32.2. The van der Waals surface area contributed by atoms with E-state index in [1.807, 2.05) is 0 Å². The van der Waals surface area contributed by atoms with E-state index in [9.17, 15) is 9.18 Å². The molecule has 0 unspecified atom stereocenters. The molecule has 0 saturated heterocycles. The summed E-state index contributed by atoms with van der Waals surface area (Å²) < 4.78 is 29.1. The zero-order valence-corrected chi connectivity index (χ0v) is 16.2. The predicted octanol–water partition coefficient (Wildman–Crippen LogP) is 4.01. The molecule has 0 saturated carbocycles. The molecule has 1 aromatic heterocycles. The quantitative estimate of drug-likeness (QED) is 0.597. The van der Waals surface area contributed by atoms with E-state index in [0.717, 1.165) is 11.8 Å². The average molecular weight is 403 g/mol. The van der Waals surface area contributed by atoms with Gasteiger partial charge in [0, 0.05) is 17.3 Å². The normalized spacial score (nSPS) is 11.7. The van der Waals surface area contributed by atoms with Gasteiger partial charge in [0.2, 0.25) is 11.8 Å². The molecule has 28 heavy (non-hydrogen) atoms. The molecule has 0 aliphatic rings. The van der Waals surface area contributed by atoms with Crippen LogP contribution in [0.2, 0.25) is 0 Å². The molecular weight excluding hydrogens is 385 g/mol. The number of methoxy groups -OCH3 is 2. The molecule has 0 aliphatic carbocycles. The Morgan fingerprint density at radius 2 is 1.75 bits per heavy atom. The van der Waals surface area contributed by atoms with E-state index in [-0.39, 0.29) is 22.8 Å². The number of carbonyl (C=O) groups excluding carboxylic acids is 1. The second kappa shape index (κ2) is 8.75. The second-order valence-corrected chi connectivity index (χ2v) is 7.02. The number of thioether (sulfide) groups is 1. The maximum atomic E-state index is 12.9. The van der Waals surface area contributed by atoms with Crippen molar-refractivity contribution in [3.05, 3.63) is 48.3 Å². The second-order valence-electron chi connectivity index (χ2n) is 5.73. The fraction of sp³-hybridized carbons (Fsp3) is 0.211. The number of carbonyl (C=O) groups is 1. The molecule has 7 nitrogen and oxygen atoms in total. The van der Waals surface area contributed by atoms with Crippen LogP contribution in [-0.2, 0) is 4.79 Å². The summed E-state index contributed by atoms with van der Waals surface area (Å²) in [6, 6.07) is 10.8. The molecule has 1 amide bonds. The van der Waals surface area contributed by atoms with E-state index >= 15 is 0 Å². The van der Waals surface area contributed by atoms with Crippen LogP contribution in [0.25, 0.3) is 11.5 Å². The number of nitrogens with zero attached hydrogens (tertiary/aromatic N) is 2. The Labute approximate surface area is 165 Å². The molecule has 0 radical (unpaired) electrons. The zero-order valence-electron chi connectivity index (χ0n) is 15.4. The Kier molecular flexibility index (Phi) is 6.15. The topological polar surface area (TPSA) is 86.5 Å². The van der Waals surface area contributed by atoms with Gasteiger partial charge in [0.15, 0.2) is 0 Å². The first-order valence-electron chi connectivity index (χ1n) is 8.28. The van der Waals surface area contributed by atoms with E-state index in [2.05, 4.69) is 15.5 Å². The van der Waals surface area contributed by atoms with Crippen molar-refractivity contribution in [1.29, 1.82) is 0 Å². The molecule has 3 aromatic rings. The van der Waals surface area contributed by atoms with Crippen LogP contribution in [0.15, 0.2) is 52.1 Å². The summed E-state index contributed by atoms with van der Waals surface area (Å²) in [7, 11) is 3.10. The van der Waals surface area contributed by atoms with E-state index in [1.165, 1.54) is 24.3 Å². The van der Waals surface area contributed by atoms with Gasteiger partial charge in [0.05, 0.1) is 19.5 Å². The van der Waals surface area contributed by atoms with Crippen molar-refractivity contribution >= 4 is 23.4 Å². The lowest BCUT2D eigenvalue weighted by atomic mass is 10.2. The standard InChI is InChI=1S/C19H18FN3O4S/c1-11(17(24)21-14-6-4-13(20)5-7-14)28-19-23-22-18(27-19)12-8-15(25-2)10-16(9-12)26-3/h4-11H,1-3H3,(H,21,24)/t11-/m0/s1. The Morgan fingerprint density at radius 3 is 2.36 bits per heavy atom. The van der Waals surface area contributed by atoms with Crippen LogP contribution >= 0.6 is 11.8 Å². The van der Waals surface area contributed by atoms with Crippen LogP contribution in [0.4, 0.5) is 10.1 Å². The van der Waals surface area contributed by atoms with Crippen LogP contribution < -0.4 is 14.8 Å². The molecular formula is C19H18FN3O4S. The van der Waals surface area contributed by atoms with E-state index in [1.54, 1.807) is 39.3 Å². The third kappa shape index (κ3) is 4.80.